The van der Waals surface area contributed by atoms with Gasteiger partial charge in [0.1, 0.15) is 17.4 Å². The average Bonchev–Trinajstić information content (AvgIpc) is 3.10. The molecule has 0 aliphatic carbocycles. The van der Waals surface area contributed by atoms with Crippen LogP contribution in [0.1, 0.15) is 42.9 Å². The molecule has 5 nitrogen and oxygen atoms in total. The van der Waals surface area contributed by atoms with E-state index in [1.807, 2.05) is 51.1 Å². The summed E-state index contributed by atoms with van der Waals surface area (Å²) in [5.41, 5.74) is 1.23. The maximum Gasteiger partial charge on any atom is 0.251 e. The highest BCUT2D eigenvalue weighted by Crippen LogP contribution is 2.23. The number of benzene rings is 2. The summed E-state index contributed by atoms with van der Waals surface area (Å²) in [5, 5.41) is 7.28. The highest BCUT2D eigenvalue weighted by Gasteiger charge is 2.26. The van der Waals surface area contributed by atoms with Gasteiger partial charge in [-0.3, -0.25) is 9.59 Å². The fourth-order valence-electron chi connectivity index (χ4n) is 2.95. The van der Waals surface area contributed by atoms with Crippen LogP contribution >= 0.6 is 11.6 Å². The fraction of sp³-hybridized carbons (Fsp3) is 0.273. The SMILES string of the molecule is CC(NC(=O)C(NC(=O)c1ccc(Cl)cc1)C(C)C)c1cc2ccccc2o1. The van der Waals surface area contributed by atoms with Crippen LogP contribution in [0.2, 0.25) is 5.02 Å². The molecule has 6 heteroatoms. The Morgan fingerprint density at radius 3 is 2.29 bits per heavy atom. The van der Waals surface area contributed by atoms with E-state index in [9.17, 15) is 9.59 Å². The Bertz CT molecular complexity index is 946. The molecule has 2 aromatic carbocycles. The van der Waals surface area contributed by atoms with Crippen molar-refractivity contribution in [3.63, 3.8) is 0 Å². The molecule has 2 atom stereocenters. The lowest BCUT2D eigenvalue weighted by molar-refractivity contribution is -0.124. The zero-order valence-corrected chi connectivity index (χ0v) is 16.8. The van der Waals surface area contributed by atoms with Crippen molar-refractivity contribution in [3.05, 3.63) is 70.9 Å². The lowest BCUT2D eigenvalue weighted by Gasteiger charge is -2.23. The lowest BCUT2D eigenvalue weighted by Crippen LogP contribution is -2.50. The number of halogens is 1. The van der Waals surface area contributed by atoms with E-state index in [2.05, 4.69) is 10.6 Å². The minimum absolute atomic E-state index is 0.0841. The van der Waals surface area contributed by atoms with Crippen LogP contribution in [-0.2, 0) is 4.79 Å². The van der Waals surface area contributed by atoms with Crippen molar-refractivity contribution in [2.45, 2.75) is 32.9 Å². The molecule has 0 aliphatic rings. The van der Waals surface area contributed by atoms with Crippen molar-refractivity contribution in [3.8, 4) is 0 Å². The van der Waals surface area contributed by atoms with Gasteiger partial charge in [-0.05, 0) is 49.2 Å². The van der Waals surface area contributed by atoms with Gasteiger partial charge in [-0.1, -0.05) is 43.6 Å². The average molecular weight is 399 g/mol. The van der Waals surface area contributed by atoms with Gasteiger partial charge in [0, 0.05) is 16.0 Å². The maximum atomic E-state index is 12.8. The maximum absolute atomic E-state index is 12.8. The zero-order valence-electron chi connectivity index (χ0n) is 16.0. The van der Waals surface area contributed by atoms with Gasteiger partial charge >= 0.3 is 0 Å². The lowest BCUT2D eigenvalue weighted by atomic mass is 10.0. The van der Waals surface area contributed by atoms with E-state index < -0.39 is 6.04 Å². The Hall–Kier alpha value is -2.79. The Morgan fingerprint density at radius 2 is 1.64 bits per heavy atom. The number of rotatable bonds is 6. The van der Waals surface area contributed by atoms with Crippen molar-refractivity contribution in [2.75, 3.05) is 0 Å². The molecular weight excluding hydrogens is 376 g/mol. The topological polar surface area (TPSA) is 71.3 Å². The first-order chi connectivity index (χ1) is 13.3. The van der Waals surface area contributed by atoms with Gasteiger partial charge in [0.15, 0.2) is 0 Å². The fourth-order valence-corrected chi connectivity index (χ4v) is 3.08. The summed E-state index contributed by atoms with van der Waals surface area (Å²) in [6.07, 6.45) is 0. The van der Waals surface area contributed by atoms with E-state index in [1.165, 1.54) is 0 Å². The Kier molecular flexibility index (Phi) is 6.05. The quantitative estimate of drug-likeness (QED) is 0.631. The molecule has 0 bridgehead atoms. The number of carbonyl (C=O) groups is 2. The van der Waals surface area contributed by atoms with Gasteiger partial charge in [0.05, 0.1) is 6.04 Å². The molecule has 2 amide bonds. The van der Waals surface area contributed by atoms with Gasteiger partial charge in [-0.2, -0.15) is 0 Å². The van der Waals surface area contributed by atoms with E-state index in [4.69, 9.17) is 16.0 Å². The van der Waals surface area contributed by atoms with Crippen LogP contribution in [0.5, 0.6) is 0 Å². The second kappa shape index (κ2) is 8.48. The van der Waals surface area contributed by atoms with Gasteiger partial charge in [0.2, 0.25) is 5.91 Å². The molecule has 1 heterocycles. The van der Waals surface area contributed by atoms with Crippen molar-refractivity contribution in [1.29, 1.82) is 0 Å². The summed E-state index contributed by atoms with van der Waals surface area (Å²) in [7, 11) is 0. The number of para-hydroxylation sites is 1. The second-order valence-corrected chi connectivity index (χ2v) is 7.56. The standard InChI is InChI=1S/C22H23ClN2O3/c1-13(2)20(25-21(26)15-8-10-17(23)11-9-15)22(27)24-14(3)19-12-16-6-4-5-7-18(16)28-19/h4-14,20H,1-3H3,(H,24,27)(H,25,26). The summed E-state index contributed by atoms with van der Waals surface area (Å²) < 4.78 is 5.82. The third-order valence-electron chi connectivity index (χ3n) is 4.57. The summed E-state index contributed by atoms with van der Waals surface area (Å²) >= 11 is 5.86. The van der Waals surface area contributed by atoms with E-state index in [1.54, 1.807) is 24.3 Å². The van der Waals surface area contributed by atoms with Gasteiger partial charge in [0.25, 0.3) is 5.91 Å². The summed E-state index contributed by atoms with van der Waals surface area (Å²) in [6.45, 7) is 5.63. The van der Waals surface area contributed by atoms with Crippen molar-refractivity contribution in [1.82, 2.24) is 10.6 Å². The van der Waals surface area contributed by atoms with E-state index in [0.29, 0.717) is 16.3 Å². The molecule has 3 rings (SSSR count). The molecule has 0 spiro atoms. The first kappa shape index (κ1) is 20.0. The first-order valence-electron chi connectivity index (χ1n) is 9.20. The molecule has 146 valence electrons. The number of amides is 2. The second-order valence-electron chi connectivity index (χ2n) is 7.12. The molecule has 28 heavy (non-hydrogen) atoms. The number of fused-ring (bicyclic) bond motifs is 1. The monoisotopic (exact) mass is 398 g/mol. The number of carbonyl (C=O) groups excluding carboxylic acids is 2. The molecule has 2 N–H and O–H groups in total. The molecule has 0 saturated carbocycles. The van der Waals surface area contributed by atoms with E-state index in [-0.39, 0.29) is 23.8 Å². The minimum Gasteiger partial charge on any atom is -0.459 e. The van der Waals surface area contributed by atoms with Crippen LogP contribution in [0.25, 0.3) is 11.0 Å². The van der Waals surface area contributed by atoms with Crippen LogP contribution in [-0.4, -0.2) is 17.9 Å². The number of hydrogen-bond acceptors (Lipinski definition) is 3. The Balaban J connectivity index is 1.69. The van der Waals surface area contributed by atoms with Gasteiger partial charge in [-0.25, -0.2) is 0 Å². The zero-order chi connectivity index (χ0) is 20.3. The molecule has 0 radical (unpaired) electrons. The molecule has 0 aliphatic heterocycles. The predicted octanol–water partition coefficient (Wildman–Crippen LogP) is 4.72. The number of nitrogens with one attached hydrogen (secondary N) is 2. The van der Waals surface area contributed by atoms with E-state index in [0.717, 1.165) is 11.0 Å². The molecule has 1 aromatic heterocycles. The smallest absolute Gasteiger partial charge is 0.251 e. The normalized spacial score (nSPS) is 13.3. The number of hydrogen-bond donors (Lipinski definition) is 2. The van der Waals surface area contributed by atoms with Crippen LogP contribution in [0.3, 0.4) is 0 Å². The highest BCUT2D eigenvalue weighted by molar-refractivity contribution is 6.30. The third kappa shape index (κ3) is 4.54. The van der Waals surface area contributed by atoms with Crippen molar-refractivity contribution in [2.24, 2.45) is 5.92 Å². The van der Waals surface area contributed by atoms with Crippen molar-refractivity contribution >= 4 is 34.4 Å². The first-order valence-corrected chi connectivity index (χ1v) is 9.58. The molecule has 2 unspecified atom stereocenters. The van der Waals surface area contributed by atoms with Crippen LogP contribution < -0.4 is 10.6 Å². The van der Waals surface area contributed by atoms with Gasteiger partial charge < -0.3 is 15.1 Å². The minimum atomic E-state index is -0.671. The summed E-state index contributed by atoms with van der Waals surface area (Å²) in [5.74, 6) is 0.00684. The highest BCUT2D eigenvalue weighted by atomic mass is 35.5. The third-order valence-corrected chi connectivity index (χ3v) is 4.82. The summed E-state index contributed by atoms with van der Waals surface area (Å²) in [6, 6.07) is 15.1. The molecular formula is C22H23ClN2O3. The van der Waals surface area contributed by atoms with Crippen LogP contribution in [0.4, 0.5) is 0 Å². The Labute approximate surface area is 169 Å². The summed E-state index contributed by atoms with van der Waals surface area (Å²) in [4.78, 5) is 25.3. The Morgan fingerprint density at radius 1 is 0.964 bits per heavy atom. The molecule has 0 saturated heterocycles. The number of furan rings is 1. The van der Waals surface area contributed by atoms with E-state index >= 15 is 0 Å². The van der Waals surface area contributed by atoms with Crippen LogP contribution in [0, 0.1) is 5.92 Å². The molecule has 0 fully saturated rings. The molecule has 3 aromatic rings. The van der Waals surface area contributed by atoms with Crippen molar-refractivity contribution < 1.29 is 14.0 Å². The largest absolute Gasteiger partial charge is 0.459 e. The predicted molar refractivity (Wildman–Crippen MR) is 110 cm³/mol. The van der Waals surface area contributed by atoms with Gasteiger partial charge in [-0.15, -0.1) is 0 Å². The van der Waals surface area contributed by atoms with Crippen LogP contribution in [0.15, 0.2) is 59.0 Å².